The number of allylic oxidation sites excluding steroid dienone is 12. The summed E-state index contributed by atoms with van der Waals surface area (Å²) in [6, 6.07) is 4.51. The van der Waals surface area contributed by atoms with Gasteiger partial charge in [0.25, 0.3) is 0 Å². The van der Waals surface area contributed by atoms with Crippen LogP contribution in [-0.4, -0.2) is 11.6 Å². The van der Waals surface area contributed by atoms with E-state index in [1.807, 2.05) is 83.1 Å². The molecule has 0 bridgehead atoms. The molecule has 0 radical (unpaired) electrons. The van der Waals surface area contributed by atoms with Gasteiger partial charge in [-0.15, -0.1) is 0 Å². The standard InChI is InChI=1S/C32H40N2O2/c1-29(2,3)23-13-19(14-24(27(23)35)30(4,5)6)21(17-33)22(18-34)20-15-25(31(7,8)9)28(36)26(16-20)32(10,11)12/h13-16H,1-12H3. The van der Waals surface area contributed by atoms with Crippen molar-refractivity contribution in [1.82, 2.24) is 0 Å². The summed E-state index contributed by atoms with van der Waals surface area (Å²) in [5.41, 5.74) is 2.16. The van der Waals surface area contributed by atoms with Gasteiger partial charge in [0.05, 0.1) is 11.1 Å². The lowest BCUT2D eigenvalue weighted by atomic mass is 9.70. The highest BCUT2D eigenvalue weighted by Crippen LogP contribution is 2.42. The second-order valence-electron chi connectivity index (χ2n) is 13.8. The summed E-state index contributed by atoms with van der Waals surface area (Å²) in [7, 11) is 0. The van der Waals surface area contributed by atoms with Gasteiger partial charge in [0.2, 0.25) is 0 Å². The Hall–Kier alpha value is -3.24. The molecule has 0 fully saturated rings. The minimum atomic E-state index is -0.441. The molecule has 0 aromatic carbocycles. The zero-order valence-electron chi connectivity index (χ0n) is 24.0. The quantitative estimate of drug-likeness (QED) is 0.357. The first-order chi connectivity index (χ1) is 16.1. The monoisotopic (exact) mass is 484 g/mol. The van der Waals surface area contributed by atoms with Crippen molar-refractivity contribution in [3.63, 3.8) is 0 Å². The molecule has 0 saturated carbocycles. The van der Waals surface area contributed by atoms with Crippen molar-refractivity contribution in [2.75, 3.05) is 0 Å². The summed E-state index contributed by atoms with van der Waals surface area (Å²) in [5, 5.41) is 20.6. The average molecular weight is 485 g/mol. The number of hydrogen-bond donors (Lipinski definition) is 0. The van der Waals surface area contributed by atoms with Crippen molar-refractivity contribution < 1.29 is 9.59 Å². The van der Waals surface area contributed by atoms with Crippen molar-refractivity contribution in [3.8, 4) is 12.1 Å². The molecule has 0 aromatic rings. The molecule has 0 spiro atoms. The maximum absolute atomic E-state index is 13.4. The molecule has 2 rings (SSSR count). The Morgan fingerprint density at radius 1 is 0.500 bits per heavy atom. The molecule has 0 N–H and O–H groups in total. The summed E-state index contributed by atoms with van der Waals surface area (Å²) in [6.45, 7) is 23.7. The van der Waals surface area contributed by atoms with Gasteiger partial charge in [-0.2, -0.15) is 10.5 Å². The predicted octanol–water partition coefficient (Wildman–Crippen LogP) is 7.68. The first-order valence-electron chi connectivity index (χ1n) is 12.4. The molecular formula is C32H40N2O2. The smallest absolute Gasteiger partial charge is 0.186 e. The minimum Gasteiger partial charge on any atom is -0.289 e. The summed E-state index contributed by atoms with van der Waals surface area (Å²) in [6.07, 6.45) is 7.02. The fourth-order valence-corrected chi connectivity index (χ4v) is 4.30. The predicted molar refractivity (Wildman–Crippen MR) is 145 cm³/mol. The van der Waals surface area contributed by atoms with Crippen LogP contribution >= 0.6 is 0 Å². The first kappa shape index (κ1) is 29.0. The third-order valence-corrected chi connectivity index (χ3v) is 6.46. The van der Waals surface area contributed by atoms with Crippen molar-refractivity contribution in [2.45, 2.75) is 83.1 Å². The summed E-state index contributed by atoms with van der Waals surface area (Å²) < 4.78 is 0. The fourth-order valence-electron chi connectivity index (χ4n) is 4.30. The molecule has 0 atom stereocenters. The topological polar surface area (TPSA) is 81.7 Å². The minimum absolute atomic E-state index is 0.0321. The zero-order chi connectivity index (χ0) is 28.0. The maximum atomic E-state index is 13.4. The third-order valence-electron chi connectivity index (χ3n) is 6.46. The highest BCUT2D eigenvalue weighted by atomic mass is 16.1. The van der Waals surface area contributed by atoms with Crippen molar-refractivity contribution in [3.05, 3.63) is 68.9 Å². The Kier molecular flexibility index (Phi) is 7.51. The number of nitrogens with zero attached hydrogens (tertiary/aromatic N) is 2. The van der Waals surface area contributed by atoms with Crippen LogP contribution in [-0.2, 0) is 9.59 Å². The van der Waals surface area contributed by atoms with E-state index in [4.69, 9.17) is 0 Å². The molecule has 36 heavy (non-hydrogen) atoms. The summed E-state index contributed by atoms with van der Waals surface area (Å²) in [4.78, 5) is 26.8. The third kappa shape index (κ3) is 5.76. The molecular weight excluding hydrogens is 444 g/mol. The lowest BCUT2D eigenvalue weighted by molar-refractivity contribution is -0.114. The summed E-state index contributed by atoms with van der Waals surface area (Å²) in [5.74, 6) is -0.0643. The second kappa shape index (κ2) is 9.33. The van der Waals surface area contributed by atoms with Gasteiger partial charge in [0.15, 0.2) is 11.6 Å². The van der Waals surface area contributed by atoms with Gasteiger partial charge in [-0.25, -0.2) is 0 Å². The van der Waals surface area contributed by atoms with Crippen molar-refractivity contribution in [2.24, 2.45) is 21.7 Å². The molecule has 0 saturated heterocycles. The molecule has 0 aliphatic heterocycles. The van der Waals surface area contributed by atoms with E-state index in [9.17, 15) is 20.1 Å². The number of Topliss-reactive ketones (excluding diaryl/α,β-unsaturated/α-hetero) is 2. The Bertz CT molecular complexity index is 1100. The van der Waals surface area contributed by atoms with Crippen LogP contribution in [0.1, 0.15) is 83.1 Å². The molecule has 2 aliphatic carbocycles. The molecule has 2 aliphatic rings. The van der Waals surface area contributed by atoms with Crippen LogP contribution in [0.15, 0.2) is 68.9 Å². The largest absolute Gasteiger partial charge is 0.289 e. The van der Waals surface area contributed by atoms with E-state index < -0.39 is 21.7 Å². The van der Waals surface area contributed by atoms with Crippen molar-refractivity contribution in [1.29, 1.82) is 10.5 Å². The van der Waals surface area contributed by atoms with Gasteiger partial charge in [0, 0.05) is 22.3 Å². The van der Waals surface area contributed by atoms with E-state index in [-0.39, 0.29) is 22.7 Å². The first-order valence-corrected chi connectivity index (χ1v) is 12.4. The van der Waals surface area contributed by atoms with Crippen LogP contribution in [0.4, 0.5) is 0 Å². The Morgan fingerprint density at radius 3 is 0.833 bits per heavy atom. The molecule has 4 heteroatoms. The number of rotatable bonds is 1. The highest BCUT2D eigenvalue weighted by molar-refractivity contribution is 6.13. The average Bonchev–Trinajstić information content (AvgIpc) is 2.69. The van der Waals surface area contributed by atoms with Crippen LogP contribution in [0.2, 0.25) is 0 Å². The van der Waals surface area contributed by atoms with E-state index in [2.05, 4.69) is 12.1 Å². The van der Waals surface area contributed by atoms with Gasteiger partial charge in [-0.1, -0.05) is 83.1 Å². The van der Waals surface area contributed by atoms with E-state index in [0.29, 0.717) is 33.4 Å². The van der Waals surface area contributed by atoms with Crippen LogP contribution in [0.25, 0.3) is 0 Å². The Labute approximate surface area is 217 Å². The number of hydrogen-bond acceptors (Lipinski definition) is 4. The van der Waals surface area contributed by atoms with E-state index in [1.165, 1.54) is 0 Å². The summed E-state index contributed by atoms with van der Waals surface area (Å²) >= 11 is 0. The molecule has 0 unspecified atom stereocenters. The number of ketones is 2. The number of carbonyl (C=O) groups is 2. The van der Waals surface area contributed by atoms with Gasteiger partial charge in [0.1, 0.15) is 12.1 Å². The van der Waals surface area contributed by atoms with Crippen LogP contribution < -0.4 is 0 Å². The van der Waals surface area contributed by atoms with Crippen molar-refractivity contribution >= 4 is 11.6 Å². The maximum Gasteiger partial charge on any atom is 0.186 e. The van der Waals surface area contributed by atoms with Crippen LogP contribution in [0.3, 0.4) is 0 Å². The molecule has 0 amide bonds. The van der Waals surface area contributed by atoms with Gasteiger partial charge < -0.3 is 0 Å². The van der Waals surface area contributed by atoms with E-state index >= 15 is 0 Å². The molecule has 4 nitrogen and oxygen atoms in total. The van der Waals surface area contributed by atoms with Crippen LogP contribution in [0, 0.1) is 44.3 Å². The van der Waals surface area contributed by atoms with Gasteiger partial charge in [-0.05, 0) is 57.1 Å². The van der Waals surface area contributed by atoms with Gasteiger partial charge >= 0.3 is 0 Å². The zero-order valence-corrected chi connectivity index (χ0v) is 24.0. The molecule has 190 valence electrons. The highest BCUT2D eigenvalue weighted by Gasteiger charge is 2.37. The lowest BCUT2D eigenvalue weighted by Crippen LogP contribution is -2.28. The number of nitriles is 2. The fraction of sp³-hybridized carbons (Fsp3) is 0.500. The lowest BCUT2D eigenvalue weighted by Gasteiger charge is -2.32. The normalized spacial score (nSPS) is 17.5. The van der Waals surface area contributed by atoms with E-state index in [1.54, 1.807) is 24.3 Å². The number of carbonyl (C=O) groups excluding carboxylic acids is 2. The second-order valence-corrected chi connectivity index (χ2v) is 13.8. The SMILES string of the molecule is CC(C)(C)C1=CC(=C(C#N)C(C#N)=C2C=C(C(C)(C)C)C(=O)C(C(C)(C)C)=C2)C=C(C(C)(C)C)C1=O. The van der Waals surface area contributed by atoms with Gasteiger partial charge in [-0.3, -0.25) is 9.59 Å². The molecule has 0 heterocycles. The Balaban J connectivity index is 3.06. The van der Waals surface area contributed by atoms with Crippen LogP contribution in [0.5, 0.6) is 0 Å². The Morgan fingerprint density at radius 2 is 0.694 bits per heavy atom. The molecule has 0 aromatic heterocycles. The van der Waals surface area contributed by atoms with E-state index in [0.717, 1.165) is 0 Å².